The molecule has 70 heavy (non-hydrogen) atoms. The van der Waals surface area contributed by atoms with Gasteiger partial charge in [-0.25, -0.2) is 18.8 Å². The molecular weight excluding hydrogens is 904 g/mol. The summed E-state index contributed by atoms with van der Waals surface area (Å²) in [7, 11) is 6.16. The first-order chi connectivity index (χ1) is 33.2. The van der Waals surface area contributed by atoms with Crippen molar-refractivity contribution in [3.05, 3.63) is 58.5 Å². The van der Waals surface area contributed by atoms with Crippen molar-refractivity contribution >= 4 is 47.4 Å². The van der Waals surface area contributed by atoms with Crippen LogP contribution in [-0.2, 0) is 60.8 Å². The van der Waals surface area contributed by atoms with E-state index in [1.165, 1.54) is 54.0 Å². The molecule has 2 heterocycles. The van der Waals surface area contributed by atoms with Gasteiger partial charge in [0.05, 0.1) is 36.6 Å². The number of fused-ring (bicyclic) bond motifs is 1. The van der Waals surface area contributed by atoms with E-state index < -0.39 is 71.9 Å². The van der Waals surface area contributed by atoms with Crippen molar-refractivity contribution < 1.29 is 57.3 Å². The van der Waals surface area contributed by atoms with E-state index in [2.05, 4.69) is 10.6 Å². The lowest BCUT2D eigenvalue weighted by Gasteiger charge is -2.41. The molecule has 1 saturated carbocycles. The van der Waals surface area contributed by atoms with E-state index in [9.17, 15) is 47.9 Å². The number of carboxylic acids is 1. The van der Waals surface area contributed by atoms with Crippen molar-refractivity contribution in [2.24, 2.45) is 29.6 Å². The molecule has 2 aliphatic rings. The van der Waals surface area contributed by atoms with Crippen LogP contribution in [0.1, 0.15) is 105 Å². The lowest BCUT2D eigenvalue weighted by molar-refractivity contribution is -0.149. The van der Waals surface area contributed by atoms with E-state index in [0.29, 0.717) is 38.6 Å². The Labute approximate surface area is 411 Å². The third-order valence-corrected chi connectivity index (χ3v) is 14.5. The van der Waals surface area contributed by atoms with E-state index in [0.717, 1.165) is 6.42 Å². The minimum absolute atomic E-state index is 0.0833. The Morgan fingerprint density at radius 2 is 1.49 bits per heavy atom. The predicted octanol–water partition coefficient (Wildman–Crippen LogP) is 2.55. The number of rotatable bonds is 27. The molecule has 1 aromatic carbocycles. The third-order valence-electron chi connectivity index (χ3n) is 14.5. The number of likely N-dealkylation sites (tertiary alicyclic amines) is 1. The number of hydrogen-bond donors (Lipinski definition) is 3. The van der Waals surface area contributed by atoms with Gasteiger partial charge in [0.2, 0.25) is 29.5 Å². The average molecular weight is 979 g/mol. The van der Waals surface area contributed by atoms with Gasteiger partial charge in [-0.2, -0.15) is 0 Å². The van der Waals surface area contributed by atoms with E-state index in [4.69, 9.17) is 9.47 Å². The molecule has 0 radical (unpaired) electrons. The highest BCUT2D eigenvalue weighted by molar-refractivity contribution is 5.92. The second-order valence-electron chi connectivity index (χ2n) is 19.8. The number of carbonyl (C=O) groups is 6. The number of benzene rings is 1. The first-order valence-corrected chi connectivity index (χ1v) is 24.6. The number of aromatic nitrogens is 1. The SMILES string of the molecule is CC[C@H](C)[C@@H]([C@@H](CC(=O)N1[C@H]2C[C@H]2C[C@H]1[C@H](OC)[C@@H](C)C(=O)N[C@@H](Cc1ccccc1F)C(=O)O)OC)N(C)C(=O)[C@@H](NC(=O)[C@H](C(C)C)N(C)C(=O)CCCCCn1c(=C=O)ccc1=C=O)C(C)C. The molecule has 1 saturated heterocycles. The molecule has 18 heteroatoms. The maximum atomic E-state index is 14.7. The lowest BCUT2D eigenvalue weighted by atomic mass is 9.89. The number of methoxy groups -OCH3 is 2. The van der Waals surface area contributed by atoms with Crippen LogP contribution in [0, 0.1) is 35.4 Å². The summed E-state index contributed by atoms with van der Waals surface area (Å²) in [5, 5.41) is 16.0. The number of hydrogen-bond acceptors (Lipinski definition) is 10. The Balaban J connectivity index is 1.44. The maximum absolute atomic E-state index is 14.7. The average Bonchev–Trinajstić information content (AvgIpc) is 3.80. The number of likely N-dealkylation sites (N-methyl/N-ethyl adjacent to an activating group) is 2. The van der Waals surface area contributed by atoms with Crippen LogP contribution in [0.25, 0.3) is 0 Å². The molecule has 2 aromatic rings. The van der Waals surface area contributed by atoms with Crippen LogP contribution >= 0.6 is 0 Å². The molecule has 3 N–H and O–H groups in total. The zero-order chi connectivity index (χ0) is 52.1. The highest BCUT2D eigenvalue weighted by atomic mass is 19.1. The van der Waals surface area contributed by atoms with Crippen molar-refractivity contribution in [1.82, 2.24) is 29.9 Å². The molecule has 5 amide bonds. The fourth-order valence-electron chi connectivity index (χ4n) is 10.2. The number of piperidine rings is 1. The minimum atomic E-state index is -1.41. The van der Waals surface area contributed by atoms with Crippen molar-refractivity contribution in [3.8, 4) is 0 Å². The van der Waals surface area contributed by atoms with Gasteiger partial charge in [-0.05, 0) is 73.1 Å². The number of amides is 5. The number of carbonyl (C=O) groups excluding carboxylic acids is 7. The Hall–Kier alpha value is -5.67. The van der Waals surface area contributed by atoms with Crippen molar-refractivity contribution in [2.45, 2.75) is 161 Å². The second-order valence-corrected chi connectivity index (χ2v) is 19.8. The van der Waals surface area contributed by atoms with Crippen molar-refractivity contribution in [3.63, 3.8) is 0 Å². The first-order valence-electron chi connectivity index (χ1n) is 24.6. The molecule has 0 spiro atoms. The molecule has 4 rings (SSSR count). The van der Waals surface area contributed by atoms with Crippen LogP contribution in [0.5, 0.6) is 0 Å². The highest BCUT2D eigenvalue weighted by Crippen LogP contribution is 2.50. The quantitative estimate of drug-likeness (QED) is 0.111. The smallest absolute Gasteiger partial charge is 0.326 e. The monoisotopic (exact) mass is 979 g/mol. The number of ether oxygens (including phenoxy) is 2. The summed E-state index contributed by atoms with van der Waals surface area (Å²) in [5.74, 6) is -1.77. The van der Waals surface area contributed by atoms with Gasteiger partial charge in [-0.15, -0.1) is 0 Å². The molecule has 1 aromatic heterocycles. The Kier molecular flexibility index (Phi) is 21.1. The van der Waals surface area contributed by atoms with Crippen LogP contribution in [-0.4, -0.2) is 149 Å². The van der Waals surface area contributed by atoms with Gasteiger partial charge >= 0.3 is 5.97 Å². The van der Waals surface area contributed by atoms with Crippen molar-refractivity contribution in [1.29, 1.82) is 0 Å². The number of nitrogens with one attached hydrogen (secondary N) is 2. The van der Waals surface area contributed by atoms with Crippen LogP contribution in [0.2, 0.25) is 0 Å². The summed E-state index contributed by atoms with van der Waals surface area (Å²) in [5.41, 5.74) is 0.146. The summed E-state index contributed by atoms with van der Waals surface area (Å²) in [4.78, 5) is 110. The predicted molar refractivity (Wildman–Crippen MR) is 258 cm³/mol. The Bertz CT molecular complexity index is 2290. The number of nitrogens with zero attached hydrogens (tertiary/aromatic N) is 4. The van der Waals surface area contributed by atoms with Gasteiger partial charge in [0.25, 0.3) is 0 Å². The van der Waals surface area contributed by atoms with Gasteiger partial charge in [0, 0.05) is 53.7 Å². The molecule has 0 bridgehead atoms. The topological polar surface area (TPSA) is 214 Å². The largest absolute Gasteiger partial charge is 0.480 e. The Morgan fingerprint density at radius 3 is 2.03 bits per heavy atom. The van der Waals surface area contributed by atoms with Gasteiger partial charge < -0.3 is 44.5 Å². The van der Waals surface area contributed by atoms with Crippen LogP contribution in [0.4, 0.5) is 4.39 Å². The fourth-order valence-corrected chi connectivity index (χ4v) is 10.2. The molecule has 17 nitrogen and oxygen atoms in total. The van der Waals surface area contributed by atoms with Gasteiger partial charge in [-0.3, -0.25) is 24.0 Å². The first kappa shape index (κ1) is 56.9. The molecule has 11 atom stereocenters. The summed E-state index contributed by atoms with van der Waals surface area (Å²) >= 11 is 0. The van der Waals surface area contributed by atoms with Crippen LogP contribution in [0.3, 0.4) is 0 Å². The van der Waals surface area contributed by atoms with Crippen molar-refractivity contribution in [2.75, 3.05) is 28.3 Å². The zero-order valence-electron chi connectivity index (χ0n) is 42.7. The lowest BCUT2D eigenvalue weighted by Crippen LogP contribution is -2.60. The maximum Gasteiger partial charge on any atom is 0.326 e. The molecule has 1 aliphatic carbocycles. The molecule has 2 fully saturated rings. The van der Waals surface area contributed by atoms with E-state index in [1.807, 2.05) is 53.4 Å². The molecule has 1 aliphatic heterocycles. The number of aliphatic carboxylic acids is 1. The summed E-state index contributed by atoms with van der Waals surface area (Å²) in [6, 6.07) is 4.29. The van der Waals surface area contributed by atoms with Crippen LogP contribution < -0.4 is 21.3 Å². The molecular formula is C52H75FN6O11. The second kappa shape index (κ2) is 26.0. The van der Waals surface area contributed by atoms with Gasteiger partial charge in [0.1, 0.15) is 34.6 Å². The van der Waals surface area contributed by atoms with E-state index in [1.54, 1.807) is 36.9 Å². The standard InChI is InChI=1S/C52H75FN6O11/c1-12-32(6)47(57(9)51(66)45(30(2)3)55-50(65)46(31(4)5)56(8)43(62)20-14-13-17-23-58-36(28-60)21-22-37(58)29-61)42(69-10)27-44(63)59-40-25-35(40)26-41(59)48(70-11)33(7)49(64)54-39(52(67)68)24-34-18-15-16-19-38(34)53/h15-16,18-19,21-22,30-33,35,39-42,45-48H,12-14,17,20,23-27H2,1-11H3,(H,54,64)(H,55,65)(H,67,68)/t32-,33+,35-,39-,40-,41-,42+,45-,46-,47-,48+/m0/s1. The number of carboxylic acid groups (broad SMARTS) is 1. The third kappa shape index (κ3) is 13.8. The Morgan fingerprint density at radius 1 is 0.843 bits per heavy atom. The zero-order valence-corrected chi connectivity index (χ0v) is 42.7. The van der Waals surface area contributed by atoms with Gasteiger partial charge in [0.15, 0.2) is 11.9 Å². The fraction of sp³-hybridized carbons (Fsp3) is 0.654. The molecule has 0 unspecified atom stereocenters. The summed E-state index contributed by atoms with van der Waals surface area (Å²) < 4.78 is 28.0. The highest BCUT2D eigenvalue weighted by Gasteiger charge is 2.57. The number of unbranched alkanes of at least 4 members (excludes halogenated alkanes) is 2. The summed E-state index contributed by atoms with van der Waals surface area (Å²) in [6.07, 6.45) is 1.92. The van der Waals surface area contributed by atoms with Gasteiger partial charge in [-0.1, -0.05) is 79.5 Å². The minimum Gasteiger partial charge on any atom is -0.480 e. The van der Waals surface area contributed by atoms with E-state index >= 15 is 0 Å². The number of halogens is 1. The molecule has 386 valence electrons. The van der Waals surface area contributed by atoms with E-state index in [-0.39, 0.29) is 83.0 Å². The normalized spacial score (nSPS) is 19.6. The van der Waals surface area contributed by atoms with Crippen LogP contribution in [0.15, 0.2) is 36.4 Å². The summed E-state index contributed by atoms with van der Waals surface area (Å²) in [6.45, 7) is 13.3.